The van der Waals surface area contributed by atoms with E-state index in [-0.39, 0.29) is 73.6 Å². The van der Waals surface area contributed by atoms with E-state index in [1.54, 1.807) is 24.3 Å². The molecular formula is C75H121F9N8O11. The van der Waals surface area contributed by atoms with Gasteiger partial charge in [-0.3, -0.25) is 24.0 Å². The number of rotatable bonds is 52. The summed E-state index contributed by atoms with van der Waals surface area (Å²) in [6.45, 7) is 10.7. The molecular weight excluding hydrogens is 1360 g/mol. The molecule has 0 saturated carbocycles. The fraction of sp³-hybridized carbons (Fsp3) is 0.707. The summed E-state index contributed by atoms with van der Waals surface area (Å²) in [7, 11) is 0. The van der Waals surface area contributed by atoms with Crippen molar-refractivity contribution in [3.63, 3.8) is 0 Å². The lowest BCUT2D eigenvalue weighted by molar-refractivity contribution is -0.387. The third-order valence-corrected chi connectivity index (χ3v) is 17.1. The lowest BCUT2D eigenvalue weighted by Crippen LogP contribution is -2.64. The number of aliphatic carboxylic acids is 3. The number of halogens is 9. The van der Waals surface area contributed by atoms with Crippen LogP contribution in [0.5, 0.6) is 0 Å². The monoisotopic (exact) mass is 1480 g/mol. The maximum Gasteiger partial charge on any atom is 0.430 e. The summed E-state index contributed by atoms with van der Waals surface area (Å²) in [4.78, 5) is 94.9. The highest BCUT2D eigenvalue weighted by Crippen LogP contribution is 2.28. The van der Waals surface area contributed by atoms with Crippen LogP contribution in [0, 0.1) is 11.8 Å². The summed E-state index contributed by atoms with van der Waals surface area (Å²) in [6, 6.07) is 14.3. The maximum absolute atomic E-state index is 14.4. The Balaban J connectivity index is 0. The molecule has 0 aromatic heterocycles. The van der Waals surface area contributed by atoms with E-state index in [2.05, 4.69) is 76.4 Å². The molecule has 19 nitrogen and oxygen atoms in total. The minimum atomic E-state index is -5.19. The highest BCUT2D eigenvalue weighted by molar-refractivity contribution is 5.95. The van der Waals surface area contributed by atoms with Crippen molar-refractivity contribution in [3.05, 3.63) is 70.8 Å². The first-order chi connectivity index (χ1) is 48.8. The molecule has 0 aliphatic heterocycles. The molecule has 2 aromatic rings. The van der Waals surface area contributed by atoms with E-state index in [1.807, 2.05) is 24.3 Å². The molecule has 0 atom stereocenters. The van der Waals surface area contributed by atoms with Crippen LogP contribution < -0.4 is 59.1 Å². The van der Waals surface area contributed by atoms with Gasteiger partial charge in [0.05, 0.1) is 25.2 Å². The number of carboxylic acids is 3. The van der Waals surface area contributed by atoms with Crippen LogP contribution in [0.15, 0.2) is 48.5 Å². The minimum Gasteiger partial charge on any atom is -0.542 e. The number of benzene rings is 2. The van der Waals surface area contributed by atoms with E-state index in [1.165, 1.54) is 135 Å². The Bertz CT molecular complexity index is 2510. The largest absolute Gasteiger partial charge is 0.542 e. The number of hydrogen-bond donors (Lipinski definition) is 8. The molecule has 103 heavy (non-hydrogen) atoms. The number of alkyl halides is 9. The molecule has 590 valence electrons. The second kappa shape index (κ2) is 59.3. The Hall–Kier alpha value is -6.99. The van der Waals surface area contributed by atoms with Gasteiger partial charge in [-0.15, -0.1) is 0 Å². The van der Waals surface area contributed by atoms with Gasteiger partial charge < -0.3 is 73.5 Å². The standard InChI is InChI=1S/C69H118N8O5.3C2HF3O2/c1-4-7-10-13-16-19-22-25-28-31-56-73-63(78)44-47-68(48-45-64(79)74-57-32-29-26-23-20-17-14-11-8-5-2,49-46-65(80)75-58-33-30-27-24-21-18-15-12-9-6-3)76-66(81)61-40-36-59(37-41-61)34-35-60-38-42-62(43-39-60)67(82)77-69(50-53-70,51-54-71)52-55-72;3*3-2(4,5)1(6)7/h36-43H,4-33,44-58,70-72H2,1-3H3,(H,73,78)(H,74,79)(H,75,80)(H,76,81)(H,77,82);3*(H,6,7). The number of amides is 5. The first-order valence-corrected chi connectivity index (χ1v) is 37.2. The fourth-order valence-electron chi connectivity index (χ4n) is 11.2. The second-order valence-corrected chi connectivity index (χ2v) is 26.1. The van der Waals surface area contributed by atoms with Crippen molar-refractivity contribution in [1.82, 2.24) is 26.6 Å². The normalized spacial score (nSPS) is 11.4. The smallest absolute Gasteiger partial charge is 0.430 e. The van der Waals surface area contributed by atoms with E-state index < -0.39 is 42.0 Å². The third kappa shape index (κ3) is 54.3. The van der Waals surface area contributed by atoms with Crippen LogP contribution in [0.4, 0.5) is 39.5 Å². The molecule has 0 fully saturated rings. The fourth-order valence-corrected chi connectivity index (χ4v) is 11.2. The lowest BCUT2D eigenvalue weighted by Gasteiger charge is -2.35. The topological polar surface area (TPSA) is 349 Å². The van der Waals surface area contributed by atoms with Crippen LogP contribution >= 0.6 is 0 Å². The SMILES string of the molecule is CCCCCCCCCCCCNC(=O)CCC(CCC(=O)NCCCCCCCCCCCC)(CCC(=O)NCCCCCCCCCCCC)NC(=O)c1ccc(C#Cc2ccc(C(=O)NC(CC[NH3+])(CC[NH3+])CC[NH3+])cc2)cc1.O=C([O-])C(F)(F)F.O=C([O-])C(F)(F)F.O=C([O-])C(F)(F)F. The summed E-state index contributed by atoms with van der Waals surface area (Å²) in [5.74, 6) is -3.37. The number of carbonyl (C=O) groups excluding carboxylic acids is 8. The number of unbranched alkanes of at least 4 members (excludes halogenated alkanes) is 27. The van der Waals surface area contributed by atoms with E-state index in [0.29, 0.717) is 56.0 Å². The molecule has 0 radical (unpaired) electrons. The van der Waals surface area contributed by atoms with Gasteiger partial charge in [-0.25, -0.2) is 0 Å². The zero-order valence-electron chi connectivity index (χ0n) is 61.5. The van der Waals surface area contributed by atoms with E-state index in [0.717, 1.165) is 82.6 Å². The predicted molar refractivity (Wildman–Crippen MR) is 372 cm³/mol. The molecule has 14 N–H and O–H groups in total. The van der Waals surface area contributed by atoms with Gasteiger partial charge in [0.25, 0.3) is 11.8 Å². The number of hydrogen-bond acceptors (Lipinski definition) is 11. The van der Waals surface area contributed by atoms with Crippen molar-refractivity contribution in [2.75, 3.05) is 39.3 Å². The Morgan fingerprint density at radius 2 is 0.524 bits per heavy atom. The van der Waals surface area contributed by atoms with Crippen LogP contribution in [-0.2, 0) is 28.8 Å². The molecule has 0 heterocycles. The molecule has 28 heteroatoms. The first-order valence-electron chi connectivity index (χ1n) is 37.2. The molecule has 0 spiro atoms. The zero-order chi connectivity index (χ0) is 77.9. The van der Waals surface area contributed by atoms with Crippen LogP contribution in [-0.4, -0.2) is 116 Å². The summed E-state index contributed by atoms with van der Waals surface area (Å²) in [5.41, 5.74) is 13.2. The van der Waals surface area contributed by atoms with Gasteiger partial charge in [-0.05, 0) is 87.1 Å². The van der Waals surface area contributed by atoms with E-state index in [9.17, 15) is 63.5 Å². The van der Waals surface area contributed by atoms with Gasteiger partial charge in [0, 0.05) is 86.0 Å². The van der Waals surface area contributed by atoms with Crippen molar-refractivity contribution < 1.29 is 110 Å². The van der Waals surface area contributed by atoms with Gasteiger partial charge in [0.1, 0.15) is 17.9 Å². The predicted octanol–water partition coefficient (Wildman–Crippen LogP) is 9.27. The van der Waals surface area contributed by atoms with Crippen LogP contribution in [0.1, 0.15) is 303 Å². The van der Waals surface area contributed by atoms with E-state index in [4.69, 9.17) is 29.7 Å². The van der Waals surface area contributed by atoms with Crippen molar-refractivity contribution in [1.29, 1.82) is 0 Å². The summed E-state index contributed by atoms with van der Waals surface area (Å²) < 4.78 is 94.6. The van der Waals surface area contributed by atoms with Gasteiger partial charge in [-0.2, -0.15) is 39.5 Å². The molecule has 0 unspecified atom stereocenters. The number of carbonyl (C=O) groups is 8. The molecule has 5 amide bonds. The number of carboxylic acid groups (broad SMARTS) is 3. The Kier molecular flexibility index (Phi) is 56.4. The van der Waals surface area contributed by atoms with Crippen LogP contribution in [0.25, 0.3) is 0 Å². The van der Waals surface area contributed by atoms with Crippen LogP contribution in [0.2, 0.25) is 0 Å². The minimum absolute atomic E-state index is 0.0903. The Morgan fingerprint density at radius 3 is 0.718 bits per heavy atom. The second-order valence-electron chi connectivity index (χ2n) is 26.1. The highest BCUT2D eigenvalue weighted by atomic mass is 19.4. The Morgan fingerprint density at radius 1 is 0.330 bits per heavy atom. The maximum atomic E-state index is 14.4. The third-order valence-electron chi connectivity index (χ3n) is 17.1. The average molecular weight is 1480 g/mol. The summed E-state index contributed by atoms with van der Waals surface area (Å²) in [6.07, 6.45) is 24.6. The summed E-state index contributed by atoms with van der Waals surface area (Å²) >= 11 is 0. The highest BCUT2D eigenvalue weighted by Gasteiger charge is 2.36. The molecule has 0 bridgehead atoms. The number of nitrogens with one attached hydrogen (secondary N) is 5. The van der Waals surface area contributed by atoms with Gasteiger partial charge in [0.15, 0.2) is 0 Å². The molecule has 2 aromatic carbocycles. The van der Waals surface area contributed by atoms with Crippen molar-refractivity contribution in [2.24, 2.45) is 0 Å². The molecule has 0 saturated heterocycles. The van der Waals surface area contributed by atoms with E-state index >= 15 is 0 Å². The van der Waals surface area contributed by atoms with Gasteiger partial charge >= 0.3 is 18.5 Å². The average Bonchev–Trinajstić information content (AvgIpc) is 0.837. The molecule has 2 rings (SSSR count). The molecule has 0 aliphatic carbocycles. The molecule has 0 aliphatic rings. The van der Waals surface area contributed by atoms with Crippen molar-refractivity contribution in [3.8, 4) is 11.8 Å². The lowest BCUT2D eigenvalue weighted by atomic mass is 9.82. The first kappa shape index (κ1) is 98.1. The van der Waals surface area contributed by atoms with Gasteiger partial charge in [-0.1, -0.05) is 206 Å². The quantitative estimate of drug-likeness (QED) is 0.0175. The zero-order valence-corrected chi connectivity index (χ0v) is 61.5. The Labute approximate surface area is 604 Å². The van der Waals surface area contributed by atoms with Crippen molar-refractivity contribution in [2.45, 2.75) is 301 Å². The van der Waals surface area contributed by atoms with Crippen LogP contribution in [0.3, 0.4) is 0 Å². The van der Waals surface area contributed by atoms with Gasteiger partial charge in [0.2, 0.25) is 17.7 Å². The van der Waals surface area contributed by atoms with Crippen molar-refractivity contribution >= 4 is 47.4 Å². The summed E-state index contributed by atoms with van der Waals surface area (Å²) in [5, 5.41) is 42.3. The number of quaternary nitrogens is 3.